The van der Waals surface area contributed by atoms with Crippen molar-refractivity contribution in [2.75, 3.05) is 6.54 Å². The van der Waals surface area contributed by atoms with Gasteiger partial charge in [-0.05, 0) is 38.0 Å². The van der Waals surface area contributed by atoms with Gasteiger partial charge in [-0.15, -0.1) is 0 Å². The summed E-state index contributed by atoms with van der Waals surface area (Å²) in [7, 11) is 0. The third-order valence-corrected chi connectivity index (χ3v) is 4.75. The first-order valence-corrected chi connectivity index (χ1v) is 8.46. The van der Waals surface area contributed by atoms with Crippen LogP contribution in [-0.2, 0) is 0 Å². The SMILES string of the molecule is O=C(NCC1CCCC(O)C1)NC1CCCCCCC1. The molecule has 4 heteroatoms. The number of hydrogen-bond acceptors (Lipinski definition) is 2. The minimum atomic E-state index is -0.163. The van der Waals surface area contributed by atoms with Gasteiger partial charge in [-0.1, -0.05) is 38.5 Å². The lowest BCUT2D eigenvalue weighted by atomic mass is 9.87. The fourth-order valence-electron chi connectivity index (χ4n) is 3.52. The van der Waals surface area contributed by atoms with Crippen LogP contribution in [0.4, 0.5) is 4.79 Å². The zero-order chi connectivity index (χ0) is 14.2. The molecule has 0 aromatic heterocycles. The molecule has 0 bridgehead atoms. The summed E-state index contributed by atoms with van der Waals surface area (Å²) < 4.78 is 0. The van der Waals surface area contributed by atoms with Crippen LogP contribution in [0.15, 0.2) is 0 Å². The summed E-state index contributed by atoms with van der Waals surface area (Å²) in [4.78, 5) is 11.9. The van der Waals surface area contributed by atoms with Crippen LogP contribution in [0.1, 0.15) is 70.6 Å². The molecule has 2 unspecified atom stereocenters. The van der Waals surface area contributed by atoms with Gasteiger partial charge in [-0.3, -0.25) is 0 Å². The molecular formula is C16H30N2O2. The summed E-state index contributed by atoms with van der Waals surface area (Å²) in [6, 6.07) is 0.336. The van der Waals surface area contributed by atoms with Crippen LogP contribution in [0, 0.1) is 5.92 Å². The Morgan fingerprint density at radius 3 is 2.35 bits per heavy atom. The number of urea groups is 1. The van der Waals surface area contributed by atoms with E-state index in [4.69, 9.17) is 0 Å². The maximum absolute atomic E-state index is 11.9. The predicted molar refractivity (Wildman–Crippen MR) is 80.6 cm³/mol. The minimum absolute atomic E-state index is 0.0179. The van der Waals surface area contributed by atoms with Gasteiger partial charge in [0.2, 0.25) is 0 Å². The largest absolute Gasteiger partial charge is 0.393 e. The highest BCUT2D eigenvalue weighted by Gasteiger charge is 2.21. The molecule has 0 aliphatic heterocycles. The molecule has 2 amide bonds. The average molecular weight is 282 g/mol. The smallest absolute Gasteiger partial charge is 0.315 e. The van der Waals surface area contributed by atoms with Crippen LogP contribution in [0.2, 0.25) is 0 Å². The van der Waals surface area contributed by atoms with E-state index in [0.29, 0.717) is 18.5 Å². The number of aliphatic hydroxyl groups is 1. The van der Waals surface area contributed by atoms with Gasteiger partial charge in [-0.2, -0.15) is 0 Å². The van der Waals surface area contributed by atoms with Crippen molar-refractivity contribution in [2.24, 2.45) is 5.92 Å². The Morgan fingerprint density at radius 2 is 1.65 bits per heavy atom. The van der Waals surface area contributed by atoms with Gasteiger partial charge in [0.15, 0.2) is 0 Å². The quantitative estimate of drug-likeness (QED) is 0.745. The summed E-state index contributed by atoms with van der Waals surface area (Å²) in [5.41, 5.74) is 0. The second-order valence-corrected chi connectivity index (χ2v) is 6.58. The Kier molecular flexibility index (Phi) is 6.64. The summed E-state index contributed by atoms with van der Waals surface area (Å²) in [6.45, 7) is 0.704. The molecule has 20 heavy (non-hydrogen) atoms. The number of aliphatic hydroxyl groups excluding tert-OH is 1. The summed E-state index contributed by atoms with van der Waals surface area (Å²) >= 11 is 0. The normalized spacial score (nSPS) is 29.2. The first-order chi connectivity index (χ1) is 9.74. The zero-order valence-corrected chi connectivity index (χ0v) is 12.6. The maximum Gasteiger partial charge on any atom is 0.315 e. The minimum Gasteiger partial charge on any atom is -0.393 e. The van der Waals surface area contributed by atoms with E-state index in [1.54, 1.807) is 0 Å². The molecule has 2 fully saturated rings. The van der Waals surface area contributed by atoms with Gasteiger partial charge < -0.3 is 15.7 Å². The highest BCUT2D eigenvalue weighted by atomic mass is 16.3. The molecule has 2 rings (SSSR count). The molecule has 4 nitrogen and oxygen atoms in total. The lowest BCUT2D eigenvalue weighted by Crippen LogP contribution is -2.44. The van der Waals surface area contributed by atoms with E-state index >= 15 is 0 Å². The molecule has 116 valence electrons. The molecule has 3 N–H and O–H groups in total. The molecule has 2 saturated carbocycles. The Hall–Kier alpha value is -0.770. The molecular weight excluding hydrogens is 252 g/mol. The topological polar surface area (TPSA) is 61.4 Å². The van der Waals surface area contributed by atoms with Crippen molar-refractivity contribution < 1.29 is 9.90 Å². The summed E-state index contributed by atoms with van der Waals surface area (Å²) in [5.74, 6) is 0.446. The third kappa shape index (κ3) is 5.70. The molecule has 2 atom stereocenters. The lowest BCUT2D eigenvalue weighted by Gasteiger charge is -2.26. The number of rotatable bonds is 3. The van der Waals surface area contributed by atoms with Crippen LogP contribution < -0.4 is 10.6 Å². The highest BCUT2D eigenvalue weighted by Crippen LogP contribution is 2.23. The molecule has 0 spiro atoms. The van der Waals surface area contributed by atoms with Crippen LogP contribution in [0.5, 0.6) is 0 Å². The molecule has 0 heterocycles. The Balaban J connectivity index is 1.63. The summed E-state index contributed by atoms with van der Waals surface area (Å²) in [6.07, 6.45) is 12.5. The van der Waals surface area contributed by atoms with Crippen LogP contribution >= 0.6 is 0 Å². The second-order valence-electron chi connectivity index (χ2n) is 6.58. The van der Waals surface area contributed by atoms with Crippen LogP contribution in [0.25, 0.3) is 0 Å². The van der Waals surface area contributed by atoms with E-state index in [2.05, 4.69) is 10.6 Å². The van der Waals surface area contributed by atoms with Crippen molar-refractivity contribution in [1.82, 2.24) is 10.6 Å². The van der Waals surface area contributed by atoms with E-state index in [-0.39, 0.29) is 12.1 Å². The van der Waals surface area contributed by atoms with Crippen molar-refractivity contribution >= 4 is 6.03 Å². The number of carbonyl (C=O) groups excluding carboxylic acids is 1. The molecule has 2 aliphatic rings. The second kappa shape index (κ2) is 8.50. The standard InChI is InChI=1S/C16H30N2O2/c19-15-10-6-7-13(11-15)12-17-16(20)18-14-8-4-2-1-3-5-9-14/h13-15,19H,1-12H2,(H2,17,18,20). The van der Waals surface area contributed by atoms with Gasteiger partial charge in [0.25, 0.3) is 0 Å². The third-order valence-electron chi connectivity index (χ3n) is 4.75. The first kappa shape index (κ1) is 15.6. The van der Waals surface area contributed by atoms with Gasteiger partial charge in [0.1, 0.15) is 0 Å². The van der Waals surface area contributed by atoms with E-state index in [9.17, 15) is 9.90 Å². The van der Waals surface area contributed by atoms with Crippen molar-refractivity contribution in [3.63, 3.8) is 0 Å². The van der Waals surface area contributed by atoms with Crippen molar-refractivity contribution in [3.05, 3.63) is 0 Å². The first-order valence-electron chi connectivity index (χ1n) is 8.46. The van der Waals surface area contributed by atoms with Gasteiger partial charge in [0, 0.05) is 12.6 Å². The number of carbonyl (C=O) groups is 1. The molecule has 0 saturated heterocycles. The average Bonchev–Trinajstić information content (AvgIpc) is 2.39. The lowest BCUT2D eigenvalue weighted by molar-refractivity contribution is 0.101. The number of hydrogen-bond donors (Lipinski definition) is 3. The van der Waals surface area contributed by atoms with Crippen LogP contribution in [-0.4, -0.2) is 29.8 Å². The Labute approximate surface area is 122 Å². The molecule has 0 aromatic rings. The monoisotopic (exact) mass is 282 g/mol. The van der Waals surface area contributed by atoms with Crippen molar-refractivity contribution in [3.8, 4) is 0 Å². The fraction of sp³-hybridized carbons (Fsp3) is 0.938. The molecule has 0 aromatic carbocycles. The fourth-order valence-corrected chi connectivity index (χ4v) is 3.52. The number of amides is 2. The van der Waals surface area contributed by atoms with E-state index in [1.807, 2.05) is 0 Å². The van der Waals surface area contributed by atoms with E-state index in [1.165, 1.54) is 32.1 Å². The molecule has 0 radical (unpaired) electrons. The van der Waals surface area contributed by atoms with E-state index < -0.39 is 0 Å². The van der Waals surface area contributed by atoms with Gasteiger partial charge in [0.05, 0.1) is 6.10 Å². The zero-order valence-electron chi connectivity index (χ0n) is 12.6. The van der Waals surface area contributed by atoms with Crippen molar-refractivity contribution in [2.45, 2.75) is 82.8 Å². The Bertz CT molecular complexity index is 288. The highest BCUT2D eigenvalue weighted by molar-refractivity contribution is 5.74. The van der Waals surface area contributed by atoms with Crippen molar-refractivity contribution in [1.29, 1.82) is 0 Å². The predicted octanol–water partition coefficient (Wildman–Crippen LogP) is 2.95. The summed E-state index contributed by atoms with van der Waals surface area (Å²) in [5, 5.41) is 15.8. The van der Waals surface area contributed by atoms with Gasteiger partial charge >= 0.3 is 6.03 Å². The number of nitrogens with one attached hydrogen (secondary N) is 2. The van der Waals surface area contributed by atoms with E-state index in [0.717, 1.165) is 38.5 Å². The Morgan fingerprint density at radius 1 is 0.950 bits per heavy atom. The van der Waals surface area contributed by atoms with Gasteiger partial charge in [-0.25, -0.2) is 4.79 Å². The molecule has 2 aliphatic carbocycles. The van der Waals surface area contributed by atoms with Crippen LogP contribution in [0.3, 0.4) is 0 Å². The maximum atomic E-state index is 11.9.